The van der Waals surface area contributed by atoms with Gasteiger partial charge in [-0.3, -0.25) is 9.69 Å². The van der Waals surface area contributed by atoms with Gasteiger partial charge in [-0.2, -0.15) is 0 Å². The molecule has 4 aromatic rings. The number of anilines is 1. The zero-order valence-corrected chi connectivity index (χ0v) is 18.9. The molecule has 0 unspecified atom stereocenters. The number of fused-ring (bicyclic) bond motifs is 1. The second-order valence-corrected chi connectivity index (χ2v) is 10.5. The number of carbonyl (C=O) groups excluding carboxylic acids is 1. The summed E-state index contributed by atoms with van der Waals surface area (Å²) in [7, 11) is -3.32. The minimum absolute atomic E-state index is 0.0193. The number of carbonyl (C=O) groups is 1. The number of hydrogen-bond donors (Lipinski definition) is 0. The van der Waals surface area contributed by atoms with E-state index in [1.54, 1.807) is 24.0 Å². The number of rotatable bonds is 6. The van der Waals surface area contributed by atoms with Gasteiger partial charge >= 0.3 is 0 Å². The molecule has 3 aromatic carbocycles. The second kappa shape index (κ2) is 8.61. The maximum atomic E-state index is 13.5. The predicted octanol–water partition coefficient (Wildman–Crippen LogP) is 5.25. The minimum Gasteiger partial charge on any atom is -0.279 e. The quantitative estimate of drug-likeness (QED) is 0.403. The van der Waals surface area contributed by atoms with Crippen molar-refractivity contribution in [2.75, 3.05) is 10.7 Å². The van der Waals surface area contributed by atoms with Crippen molar-refractivity contribution in [1.82, 2.24) is 4.98 Å². The standard InChI is InChI=1S/C24H22N2O3S2/c1-3-31(28,29)20-14-12-19(13-15-20)23(27)26(16-18-9-5-4-6-10-18)24-25-22-17(2)8-7-11-21(22)30-24/h4-15H,3,16H2,1-2H3. The van der Waals surface area contributed by atoms with Crippen molar-refractivity contribution >= 4 is 42.4 Å². The van der Waals surface area contributed by atoms with E-state index in [9.17, 15) is 13.2 Å². The van der Waals surface area contributed by atoms with Gasteiger partial charge in [0.15, 0.2) is 15.0 Å². The van der Waals surface area contributed by atoms with E-state index in [1.165, 1.54) is 23.5 Å². The van der Waals surface area contributed by atoms with Crippen molar-refractivity contribution in [1.29, 1.82) is 0 Å². The summed E-state index contributed by atoms with van der Waals surface area (Å²) in [4.78, 5) is 20.1. The highest BCUT2D eigenvalue weighted by molar-refractivity contribution is 7.91. The van der Waals surface area contributed by atoms with Gasteiger partial charge < -0.3 is 0 Å². The number of thiazole rings is 1. The molecule has 0 aliphatic rings. The highest BCUT2D eigenvalue weighted by Crippen LogP contribution is 2.32. The summed E-state index contributed by atoms with van der Waals surface area (Å²) in [5, 5.41) is 0.614. The fourth-order valence-electron chi connectivity index (χ4n) is 3.31. The molecule has 0 saturated heterocycles. The number of para-hydroxylation sites is 1. The van der Waals surface area contributed by atoms with E-state index in [4.69, 9.17) is 4.98 Å². The summed E-state index contributed by atoms with van der Waals surface area (Å²) < 4.78 is 25.2. The van der Waals surface area contributed by atoms with Gasteiger partial charge in [-0.15, -0.1) is 0 Å². The Balaban J connectivity index is 1.74. The van der Waals surface area contributed by atoms with Crippen LogP contribution in [0.3, 0.4) is 0 Å². The molecule has 0 bridgehead atoms. The number of aromatic nitrogens is 1. The first-order valence-corrected chi connectivity index (χ1v) is 12.4. The first-order chi connectivity index (χ1) is 14.9. The maximum absolute atomic E-state index is 13.5. The lowest BCUT2D eigenvalue weighted by Crippen LogP contribution is -2.30. The van der Waals surface area contributed by atoms with Gasteiger partial charge in [-0.1, -0.05) is 60.7 Å². The topological polar surface area (TPSA) is 67.3 Å². The molecule has 0 saturated carbocycles. The van der Waals surface area contributed by atoms with E-state index in [1.807, 2.05) is 55.5 Å². The Bertz CT molecular complexity index is 1330. The van der Waals surface area contributed by atoms with Crippen LogP contribution >= 0.6 is 11.3 Å². The van der Waals surface area contributed by atoms with Crippen molar-refractivity contribution in [2.24, 2.45) is 0 Å². The molecule has 158 valence electrons. The largest absolute Gasteiger partial charge is 0.279 e. The van der Waals surface area contributed by atoms with Crippen LogP contribution in [0.15, 0.2) is 77.7 Å². The highest BCUT2D eigenvalue weighted by atomic mass is 32.2. The lowest BCUT2D eigenvalue weighted by atomic mass is 10.1. The van der Waals surface area contributed by atoms with Crippen LogP contribution in [0.1, 0.15) is 28.4 Å². The molecular weight excluding hydrogens is 428 g/mol. The third-order valence-electron chi connectivity index (χ3n) is 5.11. The lowest BCUT2D eigenvalue weighted by Gasteiger charge is -2.20. The molecule has 0 aliphatic carbocycles. The average molecular weight is 451 g/mol. The minimum atomic E-state index is -3.32. The van der Waals surface area contributed by atoms with E-state index in [0.717, 1.165) is 21.3 Å². The Labute approximate surface area is 185 Å². The van der Waals surface area contributed by atoms with Crippen LogP contribution in [0.2, 0.25) is 0 Å². The highest BCUT2D eigenvalue weighted by Gasteiger charge is 2.23. The molecule has 5 nitrogen and oxygen atoms in total. The summed E-state index contributed by atoms with van der Waals surface area (Å²) in [6, 6.07) is 21.9. The summed E-state index contributed by atoms with van der Waals surface area (Å²) in [6.07, 6.45) is 0. The van der Waals surface area contributed by atoms with Crippen molar-refractivity contribution in [3.05, 3.63) is 89.5 Å². The Morgan fingerprint density at radius 3 is 2.32 bits per heavy atom. The van der Waals surface area contributed by atoms with Crippen LogP contribution in [0, 0.1) is 6.92 Å². The van der Waals surface area contributed by atoms with Gasteiger partial charge in [0.25, 0.3) is 5.91 Å². The molecule has 4 rings (SSSR count). The predicted molar refractivity (Wildman–Crippen MR) is 125 cm³/mol. The molecule has 31 heavy (non-hydrogen) atoms. The SMILES string of the molecule is CCS(=O)(=O)c1ccc(C(=O)N(Cc2ccccc2)c2nc3c(C)cccc3s2)cc1. The monoisotopic (exact) mass is 450 g/mol. The van der Waals surface area contributed by atoms with E-state index >= 15 is 0 Å². The van der Waals surface area contributed by atoms with E-state index in [0.29, 0.717) is 17.2 Å². The molecule has 0 fully saturated rings. The Morgan fingerprint density at radius 2 is 1.68 bits per heavy atom. The molecule has 0 radical (unpaired) electrons. The van der Waals surface area contributed by atoms with Gasteiger partial charge in [-0.25, -0.2) is 13.4 Å². The van der Waals surface area contributed by atoms with Gasteiger partial charge in [0.1, 0.15) is 0 Å². The third-order valence-corrected chi connectivity index (χ3v) is 7.90. The normalized spacial score (nSPS) is 11.5. The van der Waals surface area contributed by atoms with Crippen molar-refractivity contribution in [3.63, 3.8) is 0 Å². The van der Waals surface area contributed by atoms with Crippen molar-refractivity contribution < 1.29 is 13.2 Å². The molecule has 1 heterocycles. The van der Waals surface area contributed by atoms with Crippen LogP contribution in [-0.2, 0) is 16.4 Å². The van der Waals surface area contributed by atoms with Crippen LogP contribution in [0.25, 0.3) is 10.2 Å². The molecule has 1 aromatic heterocycles. The second-order valence-electron chi connectivity index (χ2n) is 7.22. The zero-order chi connectivity index (χ0) is 22.0. The number of sulfone groups is 1. The Kier molecular flexibility index (Phi) is 5.89. The van der Waals surface area contributed by atoms with Crippen LogP contribution in [0.5, 0.6) is 0 Å². The number of nitrogens with zero attached hydrogens (tertiary/aromatic N) is 2. The molecule has 0 aliphatic heterocycles. The molecule has 0 atom stereocenters. The van der Waals surface area contributed by atoms with Crippen molar-refractivity contribution in [3.8, 4) is 0 Å². The molecule has 1 amide bonds. The van der Waals surface area contributed by atoms with Crippen LogP contribution in [0.4, 0.5) is 5.13 Å². The van der Waals surface area contributed by atoms with E-state index < -0.39 is 9.84 Å². The zero-order valence-electron chi connectivity index (χ0n) is 17.3. The number of amides is 1. The molecule has 0 N–H and O–H groups in total. The van der Waals surface area contributed by atoms with Gasteiger partial charge in [0.2, 0.25) is 0 Å². The fraction of sp³-hybridized carbons (Fsp3) is 0.167. The maximum Gasteiger partial charge on any atom is 0.260 e. The first kappa shape index (κ1) is 21.2. The summed E-state index contributed by atoms with van der Waals surface area (Å²) >= 11 is 1.47. The van der Waals surface area contributed by atoms with Gasteiger partial charge in [-0.05, 0) is 48.4 Å². The van der Waals surface area contributed by atoms with E-state index in [-0.39, 0.29) is 16.6 Å². The third kappa shape index (κ3) is 4.38. The Morgan fingerprint density at radius 1 is 0.968 bits per heavy atom. The number of aryl methyl sites for hydroxylation is 1. The number of hydrogen-bond acceptors (Lipinski definition) is 5. The number of benzene rings is 3. The lowest BCUT2D eigenvalue weighted by molar-refractivity contribution is 0.0985. The molecule has 7 heteroatoms. The summed E-state index contributed by atoms with van der Waals surface area (Å²) in [5.41, 5.74) is 3.35. The molecule has 0 spiro atoms. The first-order valence-electron chi connectivity index (χ1n) is 9.94. The fourth-order valence-corrected chi connectivity index (χ4v) is 5.23. The average Bonchev–Trinajstić information content (AvgIpc) is 3.23. The van der Waals surface area contributed by atoms with Crippen LogP contribution < -0.4 is 4.90 Å². The Hall–Kier alpha value is -3.03. The molecular formula is C24H22N2O3S2. The van der Waals surface area contributed by atoms with Crippen molar-refractivity contribution in [2.45, 2.75) is 25.3 Å². The summed E-state index contributed by atoms with van der Waals surface area (Å²) in [5.74, 6) is -0.202. The van der Waals surface area contributed by atoms with Gasteiger partial charge in [0, 0.05) is 5.56 Å². The van der Waals surface area contributed by atoms with E-state index in [2.05, 4.69) is 0 Å². The summed E-state index contributed by atoms with van der Waals surface area (Å²) in [6.45, 7) is 3.97. The van der Waals surface area contributed by atoms with Crippen LogP contribution in [-0.4, -0.2) is 25.1 Å². The smallest absolute Gasteiger partial charge is 0.260 e. The van der Waals surface area contributed by atoms with Gasteiger partial charge in [0.05, 0.1) is 27.4 Å².